The van der Waals surface area contributed by atoms with Crippen LogP contribution in [0.2, 0.25) is 0 Å². The lowest BCUT2D eigenvalue weighted by Crippen LogP contribution is -2.31. The van der Waals surface area contributed by atoms with E-state index in [0.29, 0.717) is 22.4 Å². The molecule has 30 heavy (non-hydrogen) atoms. The zero-order chi connectivity index (χ0) is 21.7. The van der Waals surface area contributed by atoms with E-state index in [-0.39, 0.29) is 17.9 Å². The van der Waals surface area contributed by atoms with Crippen molar-refractivity contribution >= 4 is 17.4 Å². The molecule has 0 aliphatic carbocycles. The van der Waals surface area contributed by atoms with Crippen LogP contribution in [0, 0.1) is 11.2 Å². The van der Waals surface area contributed by atoms with Crippen molar-refractivity contribution in [3.05, 3.63) is 89.2 Å². The summed E-state index contributed by atoms with van der Waals surface area (Å²) in [5.74, 6) is -1.04. The van der Waals surface area contributed by atoms with Gasteiger partial charge in [0.05, 0.1) is 0 Å². The molecule has 6 nitrogen and oxygen atoms in total. The predicted molar refractivity (Wildman–Crippen MR) is 115 cm³/mol. The summed E-state index contributed by atoms with van der Waals surface area (Å²) in [5, 5.41) is 10.2. The lowest BCUT2D eigenvalue weighted by Gasteiger charge is -2.20. The second-order valence-corrected chi connectivity index (χ2v) is 6.77. The highest BCUT2D eigenvalue weighted by atomic mass is 19.1. The van der Waals surface area contributed by atoms with Gasteiger partial charge in [-0.3, -0.25) is 10.2 Å². The van der Waals surface area contributed by atoms with Crippen LogP contribution in [0.4, 0.5) is 10.1 Å². The molecule has 0 aromatic heterocycles. The molecule has 6 N–H and O–H groups in total. The number of nitrogens with one attached hydrogen (secondary N) is 2. The predicted octanol–water partition coefficient (Wildman–Crippen LogP) is 3.36. The van der Waals surface area contributed by atoms with E-state index >= 15 is 0 Å². The number of benzene rings is 3. The average Bonchev–Trinajstić information content (AvgIpc) is 2.74. The topological polar surface area (TPSA) is 114 Å². The monoisotopic (exact) mass is 406 g/mol. The minimum absolute atomic E-state index is 0.0290. The van der Waals surface area contributed by atoms with Gasteiger partial charge in [-0.25, -0.2) is 4.39 Å². The van der Waals surface area contributed by atoms with Crippen molar-refractivity contribution < 1.29 is 13.9 Å². The first-order valence-corrected chi connectivity index (χ1v) is 9.29. The van der Waals surface area contributed by atoms with Crippen molar-refractivity contribution in [1.29, 1.82) is 5.41 Å². The van der Waals surface area contributed by atoms with Gasteiger partial charge in [0.1, 0.15) is 11.7 Å². The molecular formula is C23H23FN4O2. The highest BCUT2D eigenvalue weighted by Crippen LogP contribution is 2.33. The fourth-order valence-corrected chi connectivity index (χ4v) is 3.20. The molecule has 0 aliphatic rings. The molecule has 1 atom stereocenters. The number of methoxy groups -OCH3 is 1. The number of carbonyl (C=O) groups excluding carboxylic acids is 1. The molecule has 0 aliphatic heterocycles. The van der Waals surface area contributed by atoms with Crippen LogP contribution in [0.5, 0.6) is 0 Å². The Hall–Kier alpha value is -3.71. The maximum atomic E-state index is 14.8. The molecule has 1 amide bonds. The van der Waals surface area contributed by atoms with E-state index in [9.17, 15) is 9.18 Å². The van der Waals surface area contributed by atoms with E-state index in [0.717, 1.165) is 5.56 Å². The Labute approximate surface area is 174 Å². The highest BCUT2D eigenvalue weighted by molar-refractivity contribution is 5.94. The summed E-state index contributed by atoms with van der Waals surface area (Å²) in [6.07, 6.45) is -1.14. The van der Waals surface area contributed by atoms with E-state index in [2.05, 4.69) is 5.32 Å². The second-order valence-electron chi connectivity index (χ2n) is 6.77. The smallest absolute Gasteiger partial charge is 0.254 e. The Morgan fingerprint density at radius 1 is 1.13 bits per heavy atom. The van der Waals surface area contributed by atoms with Crippen LogP contribution in [0.15, 0.2) is 66.7 Å². The van der Waals surface area contributed by atoms with Gasteiger partial charge in [-0.1, -0.05) is 48.5 Å². The third-order valence-electron chi connectivity index (χ3n) is 4.72. The molecular weight excluding hydrogens is 383 g/mol. The van der Waals surface area contributed by atoms with Crippen molar-refractivity contribution in [2.45, 2.75) is 12.6 Å². The maximum Gasteiger partial charge on any atom is 0.254 e. The summed E-state index contributed by atoms with van der Waals surface area (Å²) in [7, 11) is 1.36. The van der Waals surface area contributed by atoms with Crippen LogP contribution in [0.3, 0.4) is 0 Å². The zero-order valence-corrected chi connectivity index (χ0v) is 16.5. The normalized spacial score (nSPS) is 11.7. The largest absolute Gasteiger partial charge is 0.399 e. The number of ether oxygens (including phenoxy) is 1. The summed E-state index contributed by atoms with van der Waals surface area (Å²) in [4.78, 5) is 12.8. The Balaban J connectivity index is 1.85. The van der Waals surface area contributed by atoms with E-state index < -0.39 is 17.8 Å². The summed E-state index contributed by atoms with van der Waals surface area (Å²) < 4.78 is 20.2. The van der Waals surface area contributed by atoms with Crippen LogP contribution in [0.1, 0.15) is 22.8 Å². The van der Waals surface area contributed by atoms with Gasteiger partial charge < -0.3 is 21.5 Å². The first-order chi connectivity index (χ1) is 14.4. The quantitative estimate of drug-likeness (QED) is 0.274. The number of amides is 1. The average molecular weight is 406 g/mol. The molecule has 0 fully saturated rings. The van der Waals surface area contributed by atoms with Gasteiger partial charge in [-0.05, 0) is 34.9 Å². The summed E-state index contributed by atoms with van der Waals surface area (Å²) >= 11 is 0. The second kappa shape index (κ2) is 9.19. The van der Waals surface area contributed by atoms with Gasteiger partial charge >= 0.3 is 0 Å². The number of hydrogen-bond donors (Lipinski definition) is 4. The van der Waals surface area contributed by atoms with Crippen LogP contribution in [-0.2, 0) is 16.1 Å². The van der Waals surface area contributed by atoms with Gasteiger partial charge in [-0.2, -0.15) is 0 Å². The minimum Gasteiger partial charge on any atom is -0.399 e. The van der Waals surface area contributed by atoms with Crippen molar-refractivity contribution in [2.75, 3.05) is 12.8 Å². The van der Waals surface area contributed by atoms with Crippen molar-refractivity contribution in [1.82, 2.24) is 5.32 Å². The maximum absolute atomic E-state index is 14.8. The number of anilines is 1. The molecule has 3 aromatic carbocycles. The minimum atomic E-state index is -1.14. The number of amidine groups is 1. The Morgan fingerprint density at radius 3 is 2.47 bits per heavy atom. The molecule has 0 saturated heterocycles. The number of hydrogen-bond acceptors (Lipinski definition) is 4. The van der Waals surface area contributed by atoms with Crippen LogP contribution in [-0.4, -0.2) is 18.9 Å². The molecule has 0 unspecified atom stereocenters. The molecule has 3 rings (SSSR count). The summed E-state index contributed by atoms with van der Waals surface area (Å²) in [6, 6.07) is 18.6. The Kier molecular flexibility index (Phi) is 6.44. The number of nitrogen functional groups attached to an aromatic ring is 2. The molecule has 3 aromatic rings. The third-order valence-corrected chi connectivity index (χ3v) is 4.72. The van der Waals surface area contributed by atoms with Crippen molar-refractivity contribution in [2.24, 2.45) is 5.73 Å². The number of rotatable bonds is 7. The van der Waals surface area contributed by atoms with Gasteiger partial charge in [0.15, 0.2) is 6.10 Å². The molecule has 0 bridgehead atoms. The first kappa shape index (κ1) is 21.0. The van der Waals surface area contributed by atoms with Crippen LogP contribution >= 0.6 is 0 Å². The lowest BCUT2D eigenvalue weighted by molar-refractivity contribution is -0.131. The summed E-state index contributed by atoms with van der Waals surface area (Å²) in [6.45, 7) is 0.221. The molecule has 0 radical (unpaired) electrons. The van der Waals surface area contributed by atoms with Gasteiger partial charge in [0.25, 0.3) is 5.91 Å². The lowest BCUT2D eigenvalue weighted by atomic mass is 9.94. The molecule has 0 heterocycles. The molecule has 154 valence electrons. The third kappa shape index (κ3) is 4.64. The van der Waals surface area contributed by atoms with E-state index in [4.69, 9.17) is 21.6 Å². The van der Waals surface area contributed by atoms with Gasteiger partial charge in [-0.15, -0.1) is 0 Å². The zero-order valence-electron chi connectivity index (χ0n) is 16.5. The number of halogens is 1. The molecule has 7 heteroatoms. The molecule has 0 saturated carbocycles. The van der Waals surface area contributed by atoms with Crippen LogP contribution < -0.4 is 16.8 Å². The van der Waals surface area contributed by atoms with Gasteiger partial charge in [0.2, 0.25) is 0 Å². The van der Waals surface area contributed by atoms with E-state index in [1.54, 1.807) is 60.7 Å². The van der Waals surface area contributed by atoms with E-state index in [1.807, 2.05) is 0 Å². The molecule has 0 spiro atoms. The fraction of sp³-hybridized carbons (Fsp3) is 0.130. The van der Waals surface area contributed by atoms with E-state index in [1.165, 1.54) is 13.2 Å². The first-order valence-electron chi connectivity index (χ1n) is 9.29. The van der Waals surface area contributed by atoms with Gasteiger partial charge in [0, 0.05) is 30.5 Å². The summed E-state index contributed by atoms with van der Waals surface area (Å²) in [5.41, 5.74) is 14.6. The fourth-order valence-electron chi connectivity index (χ4n) is 3.20. The van der Waals surface area contributed by atoms with Crippen LogP contribution in [0.25, 0.3) is 11.1 Å². The standard InChI is InChI=1S/C23H23FN4O2/c1-30-21(23(29)28-13-14-8-10-15(11-9-14)22(26)27)20-18(6-3-7-19(20)24)16-4-2-5-17(25)12-16/h2-12,21H,13,25H2,1H3,(H3,26,27)(H,28,29)/t21-/m0/s1. The van der Waals surface area contributed by atoms with Crippen molar-refractivity contribution in [3.63, 3.8) is 0 Å². The Bertz CT molecular complexity index is 1070. The van der Waals surface area contributed by atoms with Crippen molar-refractivity contribution in [3.8, 4) is 11.1 Å². The number of carbonyl (C=O) groups is 1. The SMILES string of the molecule is CO[C@H](C(=O)NCc1ccc(C(=N)N)cc1)c1c(F)cccc1-c1cccc(N)c1. The highest BCUT2D eigenvalue weighted by Gasteiger charge is 2.26. The number of nitrogens with two attached hydrogens (primary N) is 2. The Morgan fingerprint density at radius 2 is 1.83 bits per heavy atom.